The minimum Gasteiger partial charge on any atom is -0.493 e. The van der Waals surface area contributed by atoms with Crippen LogP contribution in [0.1, 0.15) is 12.5 Å². The number of carbonyl (C=O) groups excluding carboxylic acids is 1. The molecule has 23 heavy (non-hydrogen) atoms. The second-order valence-electron chi connectivity index (χ2n) is 4.94. The number of para-hydroxylation sites is 2. The monoisotopic (exact) mass is 312 g/mol. The van der Waals surface area contributed by atoms with Gasteiger partial charge in [-0.15, -0.1) is 0 Å². The number of hydrogen-bond acceptors (Lipinski definition) is 4. The first kappa shape index (κ1) is 16.5. The van der Waals surface area contributed by atoms with Gasteiger partial charge in [-0.1, -0.05) is 12.1 Å². The van der Waals surface area contributed by atoms with E-state index in [-0.39, 0.29) is 12.0 Å². The number of benzene rings is 1. The molecular weight excluding hydrogens is 292 g/mol. The number of ether oxygens (including phenoxy) is 2. The van der Waals surface area contributed by atoms with E-state index in [0.29, 0.717) is 18.0 Å². The van der Waals surface area contributed by atoms with Crippen molar-refractivity contribution in [2.75, 3.05) is 13.7 Å². The quantitative estimate of drug-likeness (QED) is 0.799. The highest BCUT2D eigenvalue weighted by molar-refractivity contribution is 5.91. The van der Waals surface area contributed by atoms with Crippen LogP contribution in [0.2, 0.25) is 0 Å². The van der Waals surface area contributed by atoms with Crippen LogP contribution < -0.4 is 14.8 Å². The molecule has 0 spiro atoms. The molecule has 0 aliphatic rings. The number of hydrogen-bond donors (Lipinski definition) is 1. The number of amides is 1. The largest absolute Gasteiger partial charge is 0.493 e. The van der Waals surface area contributed by atoms with Gasteiger partial charge in [0.05, 0.1) is 13.7 Å². The molecule has 0 saturated carbocycles. The van der Waals surface area contributed by atoms with Crippen LogP contribution in [-0.2, 0) is 4.79 Å². The Kier molecular flexibility index (Phi) is 6.17. The topological polar surface area (TPSA) is 60.5 Å². The first-order valence-electron chi connectivity index (χ1n) is 7.34. The van der Waals surface area contributed by atoms with Gasteiger partial charge in [0.1, 0.15) is 6.10 Å². The number of nitrogens with zero attached hydrogens (tertiary/aromatic N) is 1. The lowest BCUT2D eigenvalue weighted by atomic mass is 10.2. The van der Waals surface area contributed by atoms with Crippen molar-refractivity contribution in [3.63, 3.8) is 0 Å². The Balaban J connectivity index is 1.81. The maximum absolute atomic E-state index is 11.8. The summed E-state index contributed by atoms with van der Waals surface area (Å²) in [6.45, 7) is 2.29. The number of aromatic nitrogens is 1. The Morgan fingerprint density at radius 3 is 2.61 bits per heavy atom. The van der Waals surface area contributed by atoms with Gasteiger partial charge in [-0.25, -0.2) is 0 Å². The van der Waals surface area contributed by atoms with E-state index in [1.807, 2.05) is 43.3 Å². The van der Waals surface area contributed by atoms with E-state index >= 15 is 0 Å². The number of methoxy groups -OCH3 is 1. The highest BCUT2D eigenvalue weighted by Gasteiger charge is 2.09. The molecule has 0 aliphatic heterocycles. The van der Waals surface area contributed by atoms with E-state index in [1.165, 1.54) is 6.08 Å². The molecule has 1 aromatic carbocycles. The average molecular weight is 312 g/mol. The van der Waals surface area contributed by atoms with E-state index in [9.17, 15) is 4.79 Å². The molecule has 2 rings (SSSR count). The summed E-state index contributed by atoms with van der Waals surface area (Å²) in [5, 5.41) is 2.80. The van der Waals surface area contributed by atoms with Crippen molar-refractivity contribution in [2.24, 2.45) is 0 Å². The second kappa shape index (κ2) is 8.58. The molecule has 2 aromatic rings. The minimum absolute atomic E-state index is 0.169. The Morgan fingerprint density at radius 1 is 1.22 bits per heavy atom. The van der Waals surface area contributed by atoms with Crippen LogP contribution in [0.3, 0.4) is 0 Å². The number of rotatable bonds is 7. The maximum Gasteiger partial charge on any atom is 0.244 e. The molecule has 1 aromatic heterocycles. The first-order valence-corrected chi connectivity index (χ1v) is 7.34. The molecule has 5 nitrogen and oxygen atoms in total. The molecule has 0 aliphatic carbocycles. The fourth-order valence-electron chi connectivity index (χ4n) is 1.92. The van der Waals surface area contributed by atoms with Crippen LogP contribution >= 0.6 is 0 Å². The summed E-state index contributed by atoms with van der Waals surface area (Å²) < 4.78 is 11.0. The van der Waals surface area contributed by atoms with Gasteiger partial charge in [0.15, 0.2) is 11.5 Å². The minimum atomic E-state index is -0.176. The van der Waals surface area contributed by atoms with Gasteiger partial charge in [-0.2, -0.15) is 0 Å². The van der Waals surface area contributed by atoms with E-state index in [2.05, 4.69) is 10.3 Å². The SMILES string of the molecule is COc1ccccc1O[C@@H](C)CNC(=O)/C=C\c1ccncc1. The van der Waals surface area contributed by atoms with Crippen molar-refractivity contribution < 1.29 is 14.3 Å². The van der Waals surface area contributed by atoms with Crippen molar-refractivity contribution in [2.45, 2.75) is 13.0 Å². The van der Waals surface area contributed by atoms with Crippen LogP contribution in [0.4, 0.5) is 0 Å². The molecule has 1 amide bonds. The van der Waals surface area contributed by atoms with E-state index in [1.54, 1.807) is 25.6 Å². The van der Waals surface area contributed by atoms with Gasteiger partial charge >= 0.3 is 0 Å². The number of nitrogens with one attached hydrogen (secondary N) is 1. The van der Waals surface area contributed by atoms with Crippen LogP contribution in [-0.4, -0.2) is 30.6 Å². The molecule has 0 fully saturated rings. The second-order valence-corrected chi connectivity index (χ2v) is 4.94. The summed E-state index contributed by atoms with van der Waals surface area (Å²) in [6, 6.07) is 11.1. The summed E-state index contributed by atoms with van der Waals surface area (Å²) in [5.41, 5.74) is 0.925. The molecule has 1 heterocycles. The van der Waals surface area contributed by atoms with Crippen molar-refractivity contribution in [3.05, 3.63) is 60.4 Å². The van der Waals surface area contributed by atoms with E-state index in [0.717, 1.165) is 5.56 Å². The van der Waals surface area contributed by atoms with Gasteiger partial charge in [0.2, 0.25) is 5.91 Å². The summed E-state index contributed by atoms with van der Waals surface area (Å²) in [4.78, 5) is 15.7. The summed E-state index contributed by atoms with van der Waals surface area (Å²) in [6.07, 6.45) is 6.42. The van der Waals surface area contributed by atoms with Crippen molar-refractivity contribution in [1.29, 1.82) is 0 Å². The third-order valence-electron chi connectivity index (χ3n) is 3.09. The zero-order chi connectivity index (χ0) is 16.5. The summed E-state index contributed by atoms with van der Waals surface area (Å²) in [5.74, 6) is 1.16. The van der Waals surface area contributed by atoms with Gasteiger partial charge in [-0.3, -0.25) is 9.78 Å². The van der Waals surface area contributed by atoms with Gasteiger partial charge in [0.25, 0.3) is 0 Å². The third-order valence-corrected chi connectivity index (χ3v) is 3.09. The van der Waals surface area contributed by atoms with Crippen LogP contribution in [0.25, 0.3) is 6.08 Å². The lowest BCUT2D eigenvalue weighted by Gasteiger charge is -2.16. The zero-order valence-corrected chi connectivity index (χ0v) is 13.2. The van der Waals surface area contributed by atoms with E-state index in [4.69, 9.17) is 9.47 Å². The molecule has 0 bridgehead atoms. The summed E-state index contributed by atoms with van der Waals surface area (Å²) in [7, 11) is 1.60. The van der Waals surface area contributed by atoms with Crippen molar-refractivity contribution in [3.8, 4) is 11.5 Å². The number of pyridine rings is 1. The lowest BCUT2D eigenvalue weighted by Crippen LogP contribution is -2.32. The molecule has 1 atom stereocenters. The number of carbonyl (C=O) groups is 1. The summed E-state index contributed by atoms with van der Waals surface area (Å²) >= 11 is 0. The lowest BCUT2D eigenvalue weighted by molar-refractivity contribution is -0.116. The predicted octanol–water partition coefficient (Wildman–Crippen LogP) is 2.69. The molecular formula is C18H20N2O3. The molecule has 0 radical (unpaired) electrons. The Bertz CT molecular complexity index is 656. The molecule has 120 valence electrons. The fourth-order valence-corrected chi connectivity index (χ4v) is 1.92. The molecule has 0 unspecified atom stereocenters. The van der Waals surface area contributed by atoms with Crippen LogP contribution in [0.5, 0.6) is 11.5 Å². The Labute approximate surface area is 136 Å². The highest BCUT2D eigenvalue weighted by Crippen LogP contribution is 2.26. The third kappa shape index (κ3) is 5.47. The molecule has 0 saturated heterocycles. The molecule has 5 heteroatoms. The van der Waals surface area contributed by atoms with Crippen molar-refractivity contribution >= 4 is 12.0 Å². The van der Waals surface area contributed by atoms with Gasteiger partial charge in [0, 0.05) is 18.5 Å². The fraction of sp³-hybridized carbons (Fsp3) is 0.222. The Hall–Kier alpha value is -2.82. The molecule has 1 N–H and O–H groups in total. The zero-order valence-electron chi connectivity index (χ0n) is 13.2. The van der Waals surface area contributed by atoms with E-state index < -0.39 is 0 Å². The smallest absolute Gasteiger partial charge is 0.244 e. The van der Waals surface area contributed by atoms with Gasteiger partial charge in [-0.05, 0) is 42.8 Å². The first-order chi connectivity index (χ1) is 11.2. The Morgan fingerprint density at radius 2 is 1.91 bits per heavy atom. The predicted molar refractivity (Wildman–Crippen MR) is 89.4 cm³/mol. The standard InChI is InChI=1S/C18H20N2O3/c1-14(23-17-6-4-3-5-16(17)22-2)13-20-18(21)8-7-15-9-11-19-12-10-15/h3-12,14H,13H2,1-2H3,(H,20,21)/b8-7-/t14-/m0/s1. The maximum atomic E-state index is 11.8. The van der Waals surface area contributed by atoms with Gasteiger partial charge < -0.3 is 14.8 Å². The normalized spacial score (nSPS) is 11.9. The van der Waals surface area contributed by atoms with Crippen molar-refractivity contribution in [1.82, 2.24) is 10.3 Å². The van der Waals surface area contributed by atoms with Crippen LogP contribution in [0, 0.1) is 0 Å². The van der Waals surface area contributed by atoms with Crippen LogP contribution in [0.15, 0.2) is 54.9 Å². The highest BCUT2D eigenvalue weighted by atomic mass is 16.5. The average Bonchev–Trinajstić information content (AvgIpc) is 2.59.